The van der Waals surface area contributed by atoms with Crippen LogP contribution in [-0.4, -0.2) is 36.4 Å². The second kappa shape index (κ2) is 24.0. The summed E-state index contributed by atoms with van der Waals surface area (Å²) >= 11 is 0. The van der Waals surface area contributed by atoms with Gasteiger partial charge in [0.2, 0.25) is 0 Å². The number of hydrogen-bond donors (Lipinski definition) is 1. The first-order valence-electron chi connectivity index (χ1n) is 13.9. The van der Waals surface area contributed by atoms with Crippen LogP contribution in [0.3, 0.4) is 0 Å². The van der Waals surface area contributed by atoms with Crippen molar-refractivity contribution in [1.29, 1.82) is 0 Å². The average molecular weight is 471 g/mol. The fourth-order valence-corrected chi connectivity index (χ4v) is 3.86. The Morgan fingerprint density at radius 1 is 0.606 bits per heavy atom. The van der Waals surface area contributed by atoms with E-state index < -0.39 is 6.10 Å². The molecule has 0 radical (unpaired) electrons. The van der Waals surface area contributed by atoms with Crippen LogP contribution in [0.4, 0.5) is 0 Å². The van der Waals surface area contributed by atoms with Gasteiger partial charge in [0.15, 0.2) is 0 Å². The molecule has 0 saturated heterocycles. The number of rotatable bonds is 24. The molecule has 0 aliphatic rings. The fourth-order valence-electron chi connectivity index (χ4n) is 3.86. The van der Waals surface area contributed by atoms with Gasteiger partial charge in [-0.3, -0.25) is 9.59 Å². The first-order valence-corrected chi connectivity index (χ1v) is 13.9. The predicted molar refractivity (Wildman–Crippen MR) is 136 cm³/mol. The number of carbonyl (C=O) groups excluding carboxylic acids is 2. The quantitative estimate of drug-likeness (QED) is 0.117. The molecule has 0 heterocycles. The molecule has 0 aliphatic carbocycles. The number of carbonyl (C=O) groups is 2. The Kier molecular flexibility index (Phi) is 23.2. The van der Waals surface area contributed by atoms with Gasteiger partial charge in [0.25, 0.3) is 0 Å². The summed E-state index contributed by atoms with van der Waals surface area (Å²) in [5.41, 5.74) is 0. The second-order valence-electron chi connectivity index (χ2n) is 10.0. The van der Waals surface area contributed by atoms with Gasteiger partial charge in [-0.2, -0.15) is 0 Å². The lowest BCUT2D eigenvalue weighted by Crippen LogP contribution is -2.25. The van der Waals surface area contributed by atoms with Gasteiger partial charge >= 0.3 is 11.9 Å². The molecule has 0 spiro atoms. The van der Waals surface area contributed by atoms with E-state index in [1.807, 2.05) is 0 Å². The molecular weight excluding hydrogens is 416 g/mol. The van der Waals surface area contributed by atoms with Gasteiger partial charge in [-0.25, -0.2) is 0 Å². The molecule has 0 rings (SSSR count). The summed E-state index contributed by atoms with van der Waals surface area (Å²) in [4.78, 5) is 23.6. The molecule has 0 fully saturated rings. The molecule has 1 atom stereocenters. The summed E-state index contributed by atoms with van der Waals surface area (Å²) in [6.07, 6.45) is 20.1. The number of aliphatic hydroxyl groups is 1. The normalized spacial score (nSPS) is 12.2. The SMILES string of the molecule is CCCCCCCCCCCC(=O)OC[C@H](O)COC(=O)CCCCCCCCCC(C)C. The minimum Gasteiger partial charge on any atom is -0.463 e. The molecule has 0 saturated carbocycles. The number of hydrogen-bond acceptors (Lipinski definition) is 5. The maximum absolute atomic E-state index is 11.8. The van der Waals surface area contributed by atoms with Crippen molar-refractivity contribution < 1.29 is 24.2 Å². The van der Waals surface area contributed by atoms with Crippen molar-refractivity contribution in [2.24, 2.45) is 5.92 Å². The Balaban J connectivity index is 3.46. The van der Waals surface area contributed by atoms with Gasteiger partial charge in [0.05, 0.1) is 0 Å². The van der Waals surface area contributed by atoms with E-state index in [-0.39, 0.29) is 25.2 Å². The van der Waals surface area contributed by atoms with Crippen LogP contribution in [-0.2, 0) is 19.1 Å². The van der Waals surface area contributed by atoms with Crippen molar-refractivity contribution in [3.05, 3.63) is 0 Å². The zero-order chi connectivity index (χ0) is 24.6. The molecule has 0 amide bonds. The maximum atomic E-state index is 11.8. The largest absolute Gasteiger partial charge is 0.463 e. The van der Waals surface area contributed by atoms with Gasteiger partial charge in [-0.15, -0.1) is 0 Å². The van der Waals surface area contributed by atoms with E-state index in [2.05, 4.69) is 20.8 Å². The fraction of sp³-hybridized carbons (Fsp3) is 0.929. The topological polar surface area (TPSA) is 72.8 Å². The van der Waals surface area contributed by atoms with Crippen LogP contribution < -0.4 is 0 Å². The Morgan fingerprint density at radius 2 is 0.970 bits per heavy atom. The Labute approximate surface area is 204 Å². The average Bonchev–Trinajstić information content (AvgIpc) is 2.79. The molecule has 0 aliphatic heterocycles. The second-order valence-corrected chi connectivity index (χ2v) is 10.0. The monoisotopic (exact) mass is 470 g/mol. The summed E-state index contributed by atoms with van der Waals surface area (Å²) in [5, 5.41) is 9.87. The van der Waals surface area contributed by atoms with Gasteiger partial charge in [-0.05, 0) is 18.8 Å². The van der Waals surface area contributed by atoms with E-state index in [4.69, 9.17) is 9.47 Å². The van der Waals surface area contributed by atoms with Gasteiger partial charge < -0.3 is 14.6 Å². The van der Waals surface area contributed by atoms with Crippen molar-refractivity contribution in [2.75, 3.05) is 13.2 Å². The third kappa shape index (κ3) is 25.4. The minimum atomic E-state index is -0.952. The lowest BCUT2D eigenvalue weighted by Gasteiger charge is -2.12. The van der Waals surface area contributed by atoms with E-state index in [9.17, 15) is 14.7 Å². The zero-order valence-corrected chi connectivity index (χ0v) is 22.1. The van der Waals surface area contributed by atoms with Crippen molar-refractivity contribution in [3.8, 4) is 0 Å². The van der Waals surface area contributed by atoms with E-state index >= 15 is 0 Å². The highest BCUT2D eigenvalue weighted by atomic mass is 16.6. The summed E-state index contributed by atoms with van der Waals surface area (Å²) in [6.45, 7) is 6.54. The van der Waals surface area contributed by atoms with Gasteiger partial charge in [0, 0.05) is 12.8 Å². The first-order chi connectivity index (χ1) is 16.0. The molecule has 5 heteroatoms. The Hall–Kier alpha value is -1.10. The van der Waals surface area contributed by atoms with Crippen molar-refractivity contribution >= 4 is 11.9 Å². The van der Waals surface area contributed by atoms with Gasteiger partial charge in [0.1, 0.15) is 19.3 Å². The lowest BCUT2D eigenvalue weighted by atomic mass is 10.0. The molecule has 0 bridgehead atoms. The first kappa shape index (κ1) is 31.9. The highest BCUT2D eigenvalue weighted by molar-refractivity contribution is 5.69. The number of aliphatic hydroxyl groups excluding tert-OH is 1. The van der Waals surface area contributed by atoms with Crippen LogP contribution in [0.1, 0.15) is 143 Å². The molecule has 0 aromatic heterocycles. The van der Waals surface area contributed by atoms with Crippen LogP contribution in [0.2, 0.25) is 0 Å². The smallest absolute Gasteiger partial charge is 0.305 e. The predicted octanol–water partition coefficient (Wildman–Crippen LogP) is 7.52. The number of unbranched alkanes of at least 4 members (excludes halogenated alkanes) is 14. The Bertz CT molecular complexity index is 450. The third-order valence-corrected chi connectivity index (χ3v) is 6.02. The van der Waals surface area contributed by atoms with Crippen molar-refractivity contribution in [1.82, 2.24) is 0 Å². The molecule has 0 aromatic carbocycles. The van der Waals surface area contributed by atoms with E-state index in [0.29, 0.717) is 12.8 Å². The summed E-state index contributed by atoms with van der Waals surface area (Å²) in [5.74, 6) is 0.227. The van der Waals surface area contributed by atoms with Crippen molar-refractivity contribution in [2.45, 2.75) is 149 Å². The molecule has 33 heavy (non-hydrogen) atoms. The van der Waals surface area contributed by atoms with Crippen LogP contribution in [0.25, 0.3) is 0 Å². The summed E-state index contributed by atoms with van der Waals surface area (Å²) < 4.78 is 10.2. The standard InChI is InChI=1S/C28H54O5/c1-4-5-6-7-8-9-12-15-18-21-27(30)32-23-26(29)24-33-28(31)22-19-16-13-10-11-14-17-20-25(2)3/h25-26,29H,4-24H2,1-3H3/t26-/m0/s1. The number of esters is 2. The lowest BCUT2D eigenvalue weighted by molar-refractivity contribution is -0.152. The van der Waals surface area contributed by atoms with E-state index in [1.165, 1.54) is 70.6 Å². The minimum absolute atomic E-state index is 0.111. The Morgan fingerprint density at radius 3 is 1.36 bits per heavy atom. The van der Waals surface area contributed by atoms with E-state index in [1.54, 1.807) is 0 Å². The molecule has 196 valence electrons. The van der Waals surface area contributed by atoms with Gasteiger partial charge in [-0.1, -0.05) is 117 Å². The van der Waals surface area contributed by atoms with Crippen LogP contribution in [0.15, 0.2) is 0 Å². The highest BCUT2D eigenvalue weighted by Gasteiger charge is 2.12. The molecule has 5 nitrogen and oxygen atoms in total. The van der Waals surface area contributed by atoms with Crippen LogP contribution >= 0.6 is 0 Å². The summed E-state index contributed by atoms with van der Waals surface area (Å²) in [7, 11) is 0. The maximum Gasteiger partial charge on any atom is 0.305 e. The van der Waals surface area contributed by atoms with Crippen LogP contribution in [0.5, 0.6) is 0 Å². The zero-order valence-electron chi connectivity index (χ0n) is 22.1. The molecule has 1 N–H and O–H groups in total. The van der Waals surface area contributed by atoms with Crippen LogP contribution in [0, 0.1) is 5.92 Å². The highest BCUT2D eigenvalue weighted by Crippen LogP contribution is 2.13. The number of ether oxygens (including phenoxy) is 2. The summed E-state index contributed by atoms with van der Waals surface area (Å²) in [6, 6.07) is 0. The van der Waals surface area contributed by atoms with E-state index in [0.717, 1.165) is 44.4 Å². The molecule has 0 aromatic rings. The molecule has 0 unspecified atom stereocenters. The van der Waals surface area contributed by atoms with Crippen molar-refractivity contribution in [3.63, 3.8) is 0 Å². The molecular formula is C28H54O5. The third-order valence-electron chi connectivity index (χ3n) is 6.02.